The van der Waals surface area contributed by atoms with Crippen LogP contribution in [0.15, 0.2) is 59.0 Å². The van der Waals surface area contributed by atoms with E-state index in [0.29, 0.717) is 17.9 Å². The number of benzene rings is 2. The fourth-order valence-corrected chi connectivity index (χ4v) is 2.44. The van der Waals surface area contributed by atoms with E-state index in [0.717, 1.165) is 5.56 Å². The van der Waals surface area contributed by atoms with Crippen LogP contribution in [-0.4, -0.2) is 21.1 Å². The quantitative estimate of drug-likeness (QED) is 0.665. The molecule has 128 valence electrons. The first-order chi connectivity index (χ1) is 12.0. The number of nitrogens with zero attached hydrogens (tertiary/aromatic N) is 1. The zero-order valence-electron chi connectivity index (χ0n) is 13.6. The Morgan fingerprint density at radius 3 is 2.68 bits per heavy atom. The standard InChI is InChI=1S/C19H18N2O4/c1-12-16(18(24)20-11-13-6-3-2-4-7-13)21-19(25-12)17(23)14-8-5-9-15(22)10-14/h2-10,17,22-23H,11H2,1H3,(H,20,24). The molecule has 1 heterocycles. The molecule has 25 heavy (non-hydrogen) atoms. The number of aryl methyl sites for hydroxylation is 1. The number of aliphatic hydroxyl groups is 1. The third-order valence-electron chi connectivity index (χ3n) is 3.74. The highest BCUT2D eigenvalue weighted by Gasteiger charge is 2.22. The van der Waals surface area contributed by atoms with Gasteiger partial charge in [-0.1, -0.05) is 42.5 Å². The molecule has 6 nitrogen and oxygen atoms in total. The average Bonchev–Trinajstić information content (AvgIpc) is 3.02. The Balaban J connectivity index is 1.74. The van der Waals surface area contributed by atoms with E-state index in [1.165, 1.54) is 12.1 Å². The summed E-state index contributed by atoms with van der Waals surface area (Å²) in [5, 5.41) is 22.6. The number of phenolic OH excluding ortho intramolecular Hbond substituents is 1. The van der Waals surface area contributed by atoms with Gasteiger partial charge in [0.25, 0.3) is 5.91 Å². The number of nitrogens with one attached hydrogen (secondary N) is 1. The number of hydrogen-bond donors (Lipinski definition) is 3. The van der Waals surface area contributed by atoms with Crippen LogP contribution in [0.5, 0.6) is 5.75 Å². The number of amides is 1. The van der Waals surface area contributed by atoms with E-state index in [4.69, 9.17) is 4.42 Å². The highest BCUT2D eigenvalue weighted by Crippen LogP contribution is 2.25. The van der Waals surface area contributed by atoms with Gasteiger partial charge in [0.15, 0.2) is 11.8 Å². The predicted octanol–water partition coefficient (Wildman–Crippen LogP) is 2.70. The highest BCUT2D eigenvalue weighted by atomic mass is 16.4. The lowest BCUT2D eigenvalue weighted by atomic mass is 10.1. The van der Waals surface area contributed by atoms with Crippen LogP contribution in [0.3, 0.4) is 0 Å². The summed E-state index contributed by atoms with van der Waals surface area (Å²) in [7, 11) is 0. The molecule has 0 saturated carbocycles. The van der Waals surface area contributed by atoms with Gasteiger partial charge in [-0.25, -0.2) is 4.98 Å². The second-order valence-corrected chi connectivity index (χ2v) is 5.62. The Hall–Kier alpha value is -3.12. The largest absolute Gasteiger partial charge is 0.508 e. The number of aliphatic hydroxyl groups excluding tert-OH is 1. The molecule has 3 aromatic rings. The number of carbonyl (C=O) groups excluding carboxylic acids is 1. The molecule has 2 aromatic carbocycles. The van der Waals surface area contributed by atoms with Crippen LogP contribution >= 0.6 is 0 Å². The van der Waals surface area contributed by atoms with Crippen molar-refractivity contribution >= 4 is 5.91 Å². The van der Waals surface area contributed by atoms with E-state index in [1.807, 2.05) is 30.3 Å². The first kappa shape index (κ1) is 16.7. The van der Waals surface area contributed by atoms with Crippen molar-refractivity contribution in [2.45, 2.75) is 19.6 Å². The second-order valence-electron chi connectivity index (χ2n) is 5.62. The second kappa shape index (κ2) is 7.19. The molecule has 1 atom stereocenters. The van der Waals surface area contributed by atoms with Crippen LogP contribution in [0, 0.1) is 6.92 Å². The van der Waals surface area contributed by atoms with E-state index in [2.05, 4.69) is 10.3 Å². The lowest BCUT2D eigenvalue weighted by Gasteiger charge is -2.06. The Kier molecular flexibility index (Phi) is 4.81. The molecule has 3 N–H and O–H groups in total. The number of aromatic hydroxyl groups is 1. The Bertz CT molecular complexity index is 874. The summed E-state index contributed by atoms with van der Waals surface area (Å²) in [6.45, 7) is 1.99. The number of oxazole rings is 1. The van der Waals surface area contributed by atoms with Crippen LogP contribution in [0.4, 0.5) is 0 Å². The van der Waals surface area contributed by atoms with Crippen molar-refractivity contribution in [2.75, 3.05) is 0 Å². The van der Waals surface area contributed by atoms with Crippen molar-refractivity contribution in [2.24, 2.45) is 0 Å². The molecule has 1 aromatic heterocycles. The third kappa shape index (κ3) is 3.87. The van der Waals surface area contributed by atoms with Gasteiger partial charge in [0.1, 0.15) is 11.5 Å². The molecule has 0 aliphatic rings. The molecule has 0 bridgehead atoms. The van der Waals surface area contributed by atoms with Crippen LogP contribution < -0.4 is 5.32 Å². The van der Waals surface area contributed by atoms with Gasteiger partial charge in [0.2, 0.25) is 5.89 Å². The van der Waals surface area contributed by atoms with Crippen LogP contribution in [0.2, 0.25) is 0 Å². The maximum atomic E-state index is 12.3. The number of phenols is 1. The molecule has 0 aliphatic heterocycles. The normalized spacial score (nSPS) is 11.9. The van der Waals surface area contributed by atoms with Crippen LogP contribution in [0.1, 0.15) is 39.4 Å². The lowest BCUT2D eigenvalue weighted by Crippen LogP contribution is -2.23. The van der Waals surface area contributed by atoms with E-state index in [9.17, 15) is 15.0 Å². The Morgan fingerprint density at radius 2 is 1.96 bits per heavy atom. The first-order valence-electron chi connectivity index (χ1n) is 7.81. The minimum atomic E-state index is -1.17. The maximum Gasteiger partial charge on any atom is 0.273 e. The molecule has 0 fully saturated rings. The van der Waals surface area contributed by atoms with Crippen molar-refractivity contribution in [3.05, 3.63) is 83.1 Å². The van der Waals surface area contributed by atoms with E-state index in [-0.39, 0.29) is 23.2 Å². The fourth-order valence-electron chi connectivity index (χ4n) is 2.44. The zero-order valence-corrected chi connectivity index (χ0v) is 13.6. The summed E-state index contributed by atoms with van der Waals surface area (Å²) < 4.78 is 5.44. The molecule has 1 unspecified atom stereocenters. The summed E-state index contributed by atoms with van der Waals surface area (Å²) in [5.74, 6) is -0.0205. The molecule has 0 spiro atoms. The summed E-state index contributed by atoms with van der Waals surface area (Å²) in [6, 6.07) is 15.7. The van der Waals surface area contributed by atoms with E-state index in [1.54, 1.807) is 19.1 Å². The molecule has 0 radical (unpaired) electrons. The van der Waals surface area contributed by atoms with Gasteiger partial charge < -0.3 is 19.9 Å². The van der Waals surface area contributed by atoms with Crippen LogP contribution in [-0.2, 0) is 6.54 Å². The molecular formula is C19H18N2O4. The summed E-state index contributed by atoms with van der Waals surface area (Å²) >= 11 is 0. The van der Waals surface area contributed by atoms with Crippen molar-refractivity contribution in [1.29, 1.82) is 0 Å². The number of rotatable bonds is 5. The average molecular weight is 338 g/mol. The summed E-state index contributed by atoms with van der Waals surface area (Å²) in [5.41, 5.74) is 1.53. The third-order valence-corrected chi connectivity index (χ3v) is 3.74. The van der Waals surface area contributed by atoms with E-state index < -0.39 is 6.10 Å². The number of hydrogen-bond acceptors (Lipinski definition) is 5. The summed E-state index contributed by atoms with van der Waals surface area (Å²) in [4.78, 5) is 16.4. The van der Waals surface area contributed by atoms with Gasteiger partial charge in [-0.2, -0.15) is 0 Å². The van der Waals surface area contributed by atoms with Gasteiger partial charge in [0, 0.05) is 6.54 Å². The molecule has 6 heteroatoms. The van der Waals surface area contributed by atoms with Crippen LogP contribution in [0.25, 0.3) is 0 Å². The molecule has 1 amide bonds. The topological polar surface area (TPSA) is 95.6 Å². The monoisotopic (exact) mass is 338 g/mol. The zero-order chi connectivity index (χ0) is 17.8. The predicted molar refractivity (Wildman–Crippen MR) is 91.0 cm³/mol. The lowest BCUT2D eigenvalue weighted by molar-refractivity contribution is 0.0945. The van der Waals surface area contributed by atoms with Crippen molar-refractivity contribution in [3.63, 3.8) is 0 Å². The number of aromatic nitrogens is 1. The number of carbonyl (C=O) groups is 1. The minimum Gasteiger partial charge on any atom is -0.508 e. The smallest absolute Gasteiger partial charge is 0.273 e. The fraction of sp³-hybridized carbons (Fsp3) is 0.158. The van der Waals surface area contributed by atoms with E-state index >= 15 is 0 Å². The van der Waals surface area contributed by atoms with Crippen molar-refractivity contribution in [3.8, 4) is 5.75 Å². The van der Waals surface area contributed by atoms with Crippen molar-refractivity contribution in [1.82, 2.24) is 10.3 Å². The Labute approximate surface area is 144 Å². The van der Waals surface area contributed by atoms with Crippen molar-refractivity contribution < 1.29 is 19.4 Å². The molecular weight excluding hydrogens is 320 g/mol. The highest BCUT2D eigenvalue weighted by molar-refractivity contribution is 5.93. The molecule has 0 aliphatic carbocycles. The van der Waals surface area contributed by atoms with Gasteiger partial charge in [0.05, 0.1) is 0 Å². The van der Waals surface area contributed by atoms with Gasteiger partial charge in [-0.05, 0) is 30.2 Å². The maximum absolute atomic E-state index is 12.3. The van der Waals surface area contributed by atoms with Gasteiger partial charge in [-0.3, -0.25) is 4.79 Å². The van der Waals surface area contributed by atoms with Gasteiger partial charge >= 0.3 is 0 Å². The minimum absolute atomic E-state index is 0.00737. The van der Waals surface area contributed by atoms with Gasteiger partial charge in [-0.15, -0.1) is 0 Å². The SMILES string of the molecule is Cc1oc(C(O)c2cccc(O)c2)nc1C(=O)NCc1ccccc1. The molecule has 3 rings (SSSR count). The Morgan fingerprint density at radius 1 is 1.20 bits per heavy atom. The first-order valence-corrected chi connectivity index (χ1v) is 7.81. The summed E-state index contributed by atoms with van der Waals surface area (Å²) in [6.07, 6.45) is -1.17. The molecule has 0 saturated heterocycles.